The van der Waals surface area contributed by atoms with Crippen LogP contribution in [0.1, 0.15) is 12.0 Å². The molecule has 2 N–H and O–H groups in total. The molecule has 2 aliphatic heterocycles. The second-order valence-electron chi connectivity index (χ2n) is 8.25. The first-order chi connectivity index (χ1) is 15.6. The van der Waals surface area contributed by atoms with Crippen LogP contribution < -0.4 is 10.2 Å². The number of aliphatic hydroxyl groups is 1. The molecule has 0 radical (unpaired) electrons. The number of benzene rings is 2. The summed E-state index contributed by atoms with van der Waals surface area (Å²) in [6.45, 7) is 1.21. The van der Waals surface area contributed by atoms with Crippen molar-refractivity contribution in [2.24, 2.45) is 0 Å². The van der Waals surface area contributed by atoms with Crippen molar-refractivity contribution < 1.29 is 14.3 Å². The lowest BCUT2D eigenvalue weighted by Gasteiger charge is -2.17. The molecule has 32 heavy (non-hydrogen) atoms. The van der Waals surface area contributed by atoms with E-state index < -0.39 is 0 Å². The molecule has 8 heteroatoms. The third-order valence-corrected chi connectivity index (χ3v) is 6.11. The minimum absolute atomic E-state index is 0.0203. The fourth-order valence-electron chi connectivity index (χ4n) is 4.58. The minimum Gasteiger partial charge on any atom is -0.391 e. The van der Waals surface area contributed by atoms with Crippen molar-refractivity contribution in [1.82, 2.24) is 14.4 Å². The number of β-amino-alcohol motifs (C(OH)–C–C–N with tert-alkyl or cyclic N) is 1. The molecule has 0 unspecified atom stereocenters. The molecule has 1 saturated heterocycles. The van der Waals surface area contributed by atoms with Crippen molar-refractivity contribution in [2.75, 3.05) is 23.3 Å². The van der Waals surface area contributed by atoms with E-state index in [1.165, 1.54) is 12.1 Å². The Morgan fingerprint density at radius 1 is 1.12 bits per heavy atom. The number of halogens is 1. The highest BCUT2D eigenvalue weighted by molar-refractivity contribution is 6.00. The van der Waals surface area contributed by atoms with Gasteiger partial charge in [0.15, 0.2) is 11.5 Å². The van der Waals surface area contributed by atoms with E-state index >= 15 is 0 Å². The molecule has 0 bridgehead atoms. The van der Waals surface area contributed by atoms with Crippen LogP contribution in [0.15, 0.2) is 54.9 Å². The van der Waals surface area contributed by atoms with Gasteiger partial charge in [0.2, 0.25) is 5.91 Å². The van der Waals surface area contributed by atoms with Crippen LogP contribution in [0.3, 0.4) is 0 Å². The summed E-state index contributed by atoms with van der Waals surface area (Å²) in [4.78, 5) is 23.4. The Morgan fingerprint density at radius 2 is 1.94 bits per heavy atom. The van der Waals surface area contributed by atoms with Crippen molar-refractivity contribution >= 4 is 23.1 Å². The van der Waals surface area contributed by atoms with Gasteiger partial charge in [-0.05, 0) is 48.4 Å². The van der Waals surface area contributed by atoms with Crippen LogP contribution >= 0.6 is 0 Å². The smallest absolute Gasteiger partial charge is 0.228 e. The lowest BCUT2D eigenvalue weighted by molar-refractivity contribution is -0.115. The van der Waals surface area contributed by atoms with Gasteiger partial charge in [0.05, 0.1) is 23.9 Å². The van der Waals surface area contributed by atoms with Crippen molar-refractivity contribution in [3.8, 4) is 22.5 Å². The van der Waals surface area contributed by atoms with Gasteiger partial charge in [-0.1, -0.05) is 6.07 Å². The Morgan fingerprint density at radius 3 is 2.72 bits per heavy atom. The number of rotatable bonds is 3. The second kappa shape index (κ2) is 7.13. The van der Waals surface area contributed by atoms with Crippen LogP contribution in [-0.4, -0.2) is 44.6 Å². The number of carbonyl (C=O) groups excluding carboxylic acids is 1. The molecular formula is C24H20FN5O2. The summed E-state index contributed by atoms with van der Waals surface area (Å²) >= 11 is 0. The Balaban J connectivity index is 1.59. The van der Waals surface area contributed by atoms with Crippen molar-refractivity contribution in [3.63, 3.8) is 0 Å². The lowest BCUT2D eigenvalue weighted by atomic mass is 10.0. The van der Waals surface area contributed by atoms with Crippen LogP contribution in [-0.2, 0) is 11.2 Å². The Hall–Kier alpha value is -3.78. The molecule has 1 amide bonds. The molecule has 6 rings (SSSR count). The van der Waals surface area contributed by atoms with Gasteiger partial charge >= 0.3 is 0 Å². The molecule has 0 saturated carbocycles. The third kappa shape index (κ3) is 3.03. The summed E-state index contributed by atoms with van der Waals surface area (Å²) in [5, 5.41) is 12.9. The SMILES string of the molecule is O=C1Cc2cc(-c3c(-c4ccc(F)cc4)nc4c(N5CC[C@@H](O)C5)nccn34)ccc2N1. The fourth-order valence-corrected chi connectivity index (χ4v) is 4.58. The molecule has 2 aromatic carbocycles. The largest absolute Gasteiger partial charge is 0.391 e. The van der Waals surface area contributed by atoms with Gasteiger partial charge < -0.3 is 15.3 Å². The normalized spacial score (nSPS) is 17.8. The first-order valence-electron chi connectivity index (χ1n) is 10.6. The number of carbonyl (C=O) groups is 1. The van der Waals surface area contributed by atoms with Gasteiger partial charge in [-0.25, -0.2) is 14.4 Å². The van der Waals surface area contributed by atoms with Gasteiger partial charge in [-0.2, -0.15) is 0 Å². The zero-order valence-corrected chi connectivity index (χ0v) is 17.1. The molecule has 4 heterocycles. The highest BCUT2D eigenvalue weighted by Gasteiger charge is 2.27. The summed E-state index contributed by atoms with van der Waals surface area (Å²) in [7, 11) is 0. The standard InChI is InChI=1S/C24H20FN5O2/c25-17-4-1-14(2-5-17)21-22(15-3-6-19-16(11-15)12-20(32)27-19)30-10-8-26-23(24(30)28-21)29-9-7-18(31)13-29/h1-6,8,10-11,18,31H,7,9,12-13H2,(H,27,32)/t18-/m1/s1. The van der Waals surface area contributed by atoms with Gasteiger partial charge in [0, 0.05) is 42.3 Å². The average molecular weight is 429 g/mol. The van der Waals surface area contributed by atoms with E-state index in [2.05, 4.69) is 10.3 Å². The van der Waals surface area contributed by atoms with Crippen molar-refractivity contribution in [1.29, 1.82) is 0 Å². The average Bonchev–Trinajstić information content (AvgIpc) is 3.49. The predicted octanol–water partition coefficient (Wildman–Crippen LogP) is 3.27. The quantitative estimate of drug-likeness (QED) is 0.522. The van der Waals surface area contributed by atoms with Gasteiger partial charge in [0.1, 0.15) is 5.82 Å². The number of hydrogen-bond acceptors (Lipinski definition) is 5. The van der Waals surface area contributed by atoms with Gasteiger partial charge in [0.25, 0.3) is 0 Å². The molecule has 160 valence electrons. The van der Waals surface area contributed by atoms with Crippen molar-refractivity contribution in [3.05, 3.63) is 66.2 Å². The van der Waals surface area contributed by atoms with E-state index in [1.54, 1.807) is 18.3 Å². The zero-order chi connectivity index (χ0) is 21.8. The number of hydrogen-bond donors (Lipinski definition) is 2. The number of imidazole rings is 1. The van der Waals surface area contributed by atoms with Crippen LogP contribution in [0.4, 0.5) is 15.9 Å². The predicted molar refractivity (Wildman–Crippen MR) is 119 cm³/mol. The molecule has 2 aromatic heterocycles. The van der Waals surface area contributed by atoms with Crippen LogP contribution in [0.2, 0.25) is 0 Å². The molecule has 7 nitrogen and oxygen atoms in total. The summed E-state index contributed by atoms with van der Waals surface area (Å²) < 4.78 is 15.6. The maximum Gasteiger partial charge on any atom is 0.228 e. The number of fused-ring (bicyclic) bond motifs is 2. The van der Waals surface area contributed by atoms with Gasteiger partial charge in [-0.3, -0.25) is 9.20 Å². The molecule has 2 aliphatic rings. The third-order valence-electron chi connectivity index (χ3n) is 6.11. The van der Waals surface area contributed by atoms with E-state index in [0.717, 1.165) is 28.1 Å². The summed E-state index contributed by atoms with van der Waals surface area (Å²) in [6, 6.07) is 12.1. The maximum absolute atomic E-state index is 13.6. The number of nitrogens with zero attached hydrogens (tertiary/aromatic N) is 4. The number of nitrogens with one attached hydrogen (secondary N) is 1. The highest BCUT2D eigenvalue weighted by atomic mass is 19.1. The van der Waals surface area contributed by atoms with Crippen LogP contribution in [0.5, 0.6) is 0 Å². The molecule has 0 aliphatic carbocycles. The van der Waals surface area contributed by atoms with Crippen LogP contribution in [0, 0.1) is 5.82 Å². The van der Waals surface area contributed by atoms with E-state index in [0.29, 0.717) is 43.1 Å². The second-order valence-corrected chi connectivity index (χ2v) is 8.25. The number of aliphatic hydroxyl groups excluding tert-OH is 1. The number of amides is 1. The van der Waals surface area contributed by atoms with Gasteiger partial charge in [-0.15, -0.1) is 0 Å². The monoisotopic (exact) mass is 429 g/mol. The first kappa shape index (κ1) is 18.9. The number of anilines is 2. The Bertz CT molecular complexity index is 1370. The molecule has 0 spiro atoms. The fraction of sp³-hybridized carbons (Fsp3) is 0.208. The lowest BCUT2D eigenvalue weighted by Crippen LogP contribution is -2.23. The topological polar surface area (TPSA) is 82.8 Å². The molecule has 1 atom stereocenters. The van der Waals surface area contributed by atoms with E-state index in [-0.39, 0.29) is 17.8 Å². The van der Waals surface area contributed by atoms with E-state index in [9.17, 15) is 14.3 Å². The minimum atomic E-state index is -0.384. The Labute approximate surface area is 183 Å². The molecular weight excluding hydrogens is 409 g/mol. The summed E-state index contributed by atoms with van der Waals surface area (Å²) in [5.41, 5.74) is 5.67. The summed E-state index contributed by atoms with van der Waals surface area (Å²) in [5.74, 6) is 0.374. The summed E-state index contributed by atoms with van der Waals surface area (Å²) in [6.07, 6.45) is 4.23. The molecule has 1 fully saturated rings. The van der Waals surface area contributed by atoms with E-state index in [4.69, 9.17) is 4.98 Å². The van der Waals surface area contributed by atoms with E-state index in [1.807, 2.05) is 33.7 Å². The highest BCUT2D eigenvalue weighted by Crippen LogP contribution is 2.37. The maximum atomic E-state index is 13.6. The van der Waals surface area contributed by atoms with Crippen molar-refractivity contribution in [2.45, 2.75) is 18.9 Å². The zero-order valence-electron chi connectivity index (χ0n) is 17.1. The number of aromatic nitrogens is 3. The Kier molecular flexibility index (Phi) is 4.22. The van der Waals surface area contributed by atoms with Crippen LogP contribution in [0.25, 0.3) is 28.2 Å². The first-order valence-corrected chi connectivity index (χ1v) is 10.6. The molecule has 4 aromatic rings.